The van der Waals surface area contributed by atoms with E-state index in [-0.39, 0.29) is 17.6 Å². The highest BCUT2D eigenvalue weighted by Gasteiger charge is 2.24. The van der Waals surface area contributed by atoms with Crippen LogP contribution in [0.2, 0.25) is 0 Å². The fourth-order valence-corrected chi connectivity index (χ4v) is 4.27. The predicted molar refractivity (Wildman–Crippen MR) is 113 cm³/mol. The number of likely N-dealkylation sites (tertiary alicyclic amines) is 1. The van der Waals surface area contributed by atoms with Crippen molar-refractivity contribution >= 4 is 29.3 Å². The number of anilines is 1. The summed E-state index contributed by atoms with van der Waals surface area (Å²) in [7, 11) is 0. The lowest BCUT2D eigenvalue weighted by Gasteiger charge is -2.32. The van der Waals surface area contributed by atoms with Crippen molar-refractivity contribution in [3.8, 4) is 0 Å². The zero-order valence-electron chi connectivity index (χ0n) is 16.6. The Hall–Kier alpha value is -2.41. The zero-order valence-corrected chi connectivity index (χ0v) is 17.4. The molecule has 2 amide bonds. The molecule has 1 unspecified atom stereocenters. The summed E-state index contributed by atoms with van der Waals surface area (Å²) in [6, 6.07) is 10.0. The summed E-state index contributed by atoms with van der Waals surface area (Å²) in [6.45, 7) is 3.25. The van der Waals surface area contributed by atoms with E-state index in [0.29, 0.717) is 35.9 Å². The number of aryl methyl sites for hydroxylation is 1. The Morgan fingerprint density at radius 1 is 1.31 bits per heavy atom. The second-order valence-corrected chi connectivity index (χ2v) is 8.35. The standard InChI is InChI=1S/C22H26FN3O2S/c1-16-13-18(23)8-9-19(16)25-20(27)10-7-17-5-4-12-26(14-17)22(28)15-29-21-6-2-3-11-24-21/h2-3,6,8-9,11,13,17H,4-5,7,10,12,14-15H2,1H3,(H,25,27). The third kappa shape index (κ3) is 6.56. The molecule has 0 aliphatic carbocycles. The van der Waals surface area contributed by atoms with Crippen LogP contribution in [0.4, 0.5) is 10.1 Å². The highest BCUT2D eigenvalue weighted by Crippen LogP contribution is 2.23. The van der Waals surface area contributed by atoms with Gasteiger partial charge in [0.2, 0.25) is 11.8 Å². The first-order valence-corrected chi connectivity index (χ1v) is 10.9. The van der Waals surface area contributed by atoms with Gasteiger partial charge in [-0.3, -0.25) is 9.59 Å². The molecule has 1 aromatic carbocycles. The largest absolute Gasteiger partial charge is 0.342 e. The molecular formula is C22H26FN3O2S. The van der Waals surface area contributed by atoms with Crippen molar-refractivity contribution in [2.24, 2.45) is 5.92 Å². The van der Waals surface area contributed by atoms with Gasteiger partial charge >= 0.3 is 0 Å². The first-order chi connectivity index (χ1) is 14.0. The van der Waals surface area contributed by atoms with E-state index in [1.54, 1.807) is 19.2 Å². The first-order valence-electron chi connectivity index (χ1n) is 9.89. The normalized spacial score (nSPS) is 16.5. The molecule has 0 radical (unpaired) electrons. The number of hydrogen-bond donors (Lipinski definition) is 1. The Kier molecular flexibility index (Phi) is 7.63. The Morgan fingerprint density at radius 3 is 2.93 bits per heavy atom. The van der Waals surface area contributed by atoms with Gasteiger partial charge < -0.3 is 10.2 Å². The summed E-state index contributed by atoms with van der Waals surface area (Å²) in [6.07, 6.45) is 4.85. The number of amides is 2. The Morgan fingerprint density at radius 2 is 2.17 bits per heavy atom. The van der Waals surface area contributed by atoms with Crippen molar-refractivity contribution < 1.29 is 14.0 Å². The minimum atomic E-state index is -0.311. The van der Waals surface area contributed by atoms with Crippen LogP contribution in [-0.4, -0.2) is 40.5 Å². The van der Waals surface area contributed by atoms with E-state index in [1.807, 2.05) is 23.1 Å². The molecule has 29 heavy (non-hydrogen) atoms. The maximum Gasteiger partial charge on any atom is 0.232 e. The summed E-state index contributed by atoms with van der Waals surface area (Å²) in [5.41, 5.74) is 1.35. The molecule has 0 saturated carbocycles. The molecule has 154 valence electrons. The SMILES string of the molecule is Cc1cc(F)ccc1NC(=O)CCC1CCCN(C(=O)CSc2ccccn2)C1. The Balaban J connectivity index is 1.43. The Labute approximate surface area is 175 Å². The van der Waals surface area contributed by atoms with Crippen LogP contribution >= 0.6 is 11.8 Å². The minimum absolute atomic E-state index is 0.0751. The van der Waals surface area contributed by atoms with Crippen molar-refractivity contribution in [3.05, 3.63) is 54.0 Å². The summed E-state index contributed by atoms with van der Waals surface area (Å²) >= 11 is 1.45. The molecular weight excluding hydrogens is 389 g/mol. The predicted octanol–water partition coefficient (Wildman–Crippen LogP) is 4.28. The van der Waals surface area contributed by atoms with Crippen LogP contribution in [0.1, 0.15) is 31.2 Å². The van der Waals surface area contributed by atoms with Gasteiger partial charge in [-0.2, -0.15) is 0 Å². The molecule has 5 nitrogen and oxygen atoms in total. The van der Waals surface area contributed by atoms with E-state index in [9.17, 15) is 14.0 Å². The fourth-order valence-electron chi connectivity index (χ4n) is 3.50. The van der Waals surface area contributed by atoms with Crippen LogP contribution in [0.5, 0.6) is 0 Å². The number of piperidine rings is 1. The summed E-state index contributed by atoms with van der Waals surface area (Å²) < 4.78 is 13.2. The molecule has 1 atom stereocenters. The second-order valence-electron chi connectivity index (χ2n) is 7.35. The lowest BCUT2D eigenvalue weighted by atomic mass is 9.93. The number of nitrogens with one attached hydrogen (secondary N) is 1. The number of rotatable bonds is 7. The minimum Gasteiger partial charge on any atom is -0.342 e. The molecule has 2 heterocycles. The first kappa shape index (κ1) is 21.3. The van der Waals surface area contributed by atoms with E-state index in [0.717, 1.165) is 30.8 Å². The number of carbonyl (C=O) groups excluding carboxylic acids is 2. The number of nitrogens with zero attached hydrogens (tertiary/aromatic N) is 2. The number of carbonyl (C=O) groups is 2. The third-order valence-electron chi connectivity index (χ3n) is 5.10. The van der Waals surface area contributed by atoms with Crippen molar-refractivity contribution in [3.63, 3.8) is 0 Å². The smallest absolute Gasteiger partial charge is 0.232 e. The van der Waals surface area contributed by atoms with Crippen LogP contribution < -0.4 is 5.32 Å². The molecule has 1 N–H and O–H groups in total. The molecule has 2 aromatic rings. The van der Waals surface area contributed by atoms with Gasteiger partial charge in [-0.15, -0.1) is 0 Å². The number of hydrogen-bond acceptors (Lipinski definition) is 4. The lowest BCUT2D eigenvalue weighted by Crippen LogP contribution is -2.41. The van der Waals surface area contributed by atoms with Crippen LogP contribution in [-0.2, 0) is 9.59 Å². The van der Waals surface area contributed by atoms with Crippen molar-refractivity contribution in [2.75, 3.05) is 24.2 Å². The molecule has 0 bridgehead atoms. The van der Waals surface area contributed by atoms with E-state index in [1.165, 1.54) is 23.9 Å². The van der Waals surface area contributed by atoms with E-state index in [2.05, 4.69) is 10.3 Å². The Bertz CT molecular complexity index is 847. The summed E-state index contributed by atoms with van der Waals surface area (Å²) in [5.74, 6) is 0.445. The zero-order chi connectivity index (χ0) is 20.6. The molecule has 1 aliphatic rings. The molecule has 1 fully saturated rings. The van der Waals surface area contributed by atoms with Crippen LogP contribution in [0, 0.1) is 18.7 Å². The van der Waals surface area contributed by atoms with E-state index < -0.39 is 0 Å². The van der Waals surface area contributed by atoms with Gasteiger partial charge in [0.25, 0.3) is 0 Å². The van der Waals surface area contributed by atoms with Crippen molar-refractivity contribution in [1.82, 2.24) is 9.88 Å². The number of pyridine rings is 1. The molecule has 1 aromatic heterocycles. The maximum absolute atomic E-state index is 13.2. The monoisotopic (exact) mass is 415 g/mol. The second kappa shape index (κ2) is 10.4. The highest BCUT2D eigenvalue weighted by atomic mass is 32.2. The molecule has 1 saturated heterocycles. The topological polar surface area (TPSA) is 62.3 Å². The molecule has 7 heteroatoms. The van der Waals surface area contributed by atoms with Gasteiger partial charge in [-0.1, -0.05) is 17.8 Å². The average molecular weight is 416 g/mol. The van der Waals surface area contributed by atoms with Crippen LogP contribution in [0.3, 0.4) is 0 Å². The summed E-state index contributed by atoms with van der Waals surface area (Å²) in [5, 5.41) is 3.70. The third-order valence-corrected chi connectivity index (χ3v) is 6.02. The van der Waals surface area contributed by atoms with E-state index in [4.69, 9.17) is 0 Å². The van der Waals surface area contributed by atoms with E-state index >= 15 is 0 Å². The molecule has 1 aliphatic heterocycles. The fraction of sp³-hybridized carbons (Fsp3) is 0.409. The van der Waals surface area contributed by atoms with Crippen LogP contribution in [0.15, 0.2) is 47.6 Å². The van der Waals surface area contributed by atoms with Crippen molar-refractivity contribution in [2.45, 2.75) is 37.6 Å². The number of thioether (sulfide) groups is 1. The quantitative estimate of drug-likeness (QED) is 0.686. The van der Waals surface area contributed by atoms with Crippen molar-refractivity contribution in [1.29, 1.82) is 0 Å². The molecule has 3 rings (SSSR count). The lowest BCUT2D eigenvalue weighted by molar-refractivity contribution is -0.130. The van der Waals surface area contributed by atoms with Gasteiger partial charge in [0.05, 0.1) is 10.8 Å². The highest BCUT2D eigenvalue weighted by molar-refractivity contribution is 7.99. The van der Waals surface area contributed by atoms with Gasteiger partial charge in [-0.25, -0.2) is 9.37 Å². The number of halogens is 1. The van der Waals surface area contributed by atoms with Gasteiger partial charge in [0, 0.05) is 31.4 Å². The number of aromatic nitrogens is 1. The molecule has 0 spiro atoms. The van der Waals surface area contributed by atoms with Crippen LogP contribution in [0.25, 0.3) is 0 Å². The summed E-state index contributed by atoms with van der Waals surface area (Å²) in [4.78, 5) is 30.9. The average Bonchev–Trinajstić information content (AvgIpc) is 2.73. The van der Waals surface area contributed by atoms with Gasteiger partial charge in [-0.05, 0) is 68.0 Å². The van der Waals surface area contributed by atoms with Gasteiger partial charge in [0.1, 0.15) is 5.82 Å². The maximum atomic E-state index is 13.2. The van der Waals surface area contributed by atoms with Gasteiger partial charge in [0.15, 0.2) is 0 Å². The number of benzene rings is 1.